The minimum atomic E-state index is -4.38. The lowest BCUT2D eigenvalue weighted by Crippen LogP contribution is -2.40. The van der Waals surface area contributed by atoms with Crippen molar-refractivity contribution in [3.8, 4) is 16.3 Å². The lowest BCUT2D eigenvalue weighted by Gasteiger charge is -2.25. The van der Waals surface area contributed by atoms with Gasteiger partial charge in [-0.05, 0) is 70.2 Å². The van der Waals surface area contributed by atoms with Gasteiger partial charge in [0.2, 0.25) is 0 Å². The number of aromatic nitrogens is 2. The Kier molecular flexibility index (Phi) is 8.91. The molecule has 0 bridgehead atoms. The Morgan fingerprint density at radius 2 is 1.83 bits per heavy atom. The van der Waals surface area contributed by atoms with Crippen LogP contribution < -0.4 is 4.74 Å². The molecule has 0 spiro atoms. The zero-order chi connectivity index (χ0) is 29.9. The molecule has 218 valence electrons. The number of ether oxygens (including phenoxy) is 2. The first kappa shape index (κ1) is 30.3. The maximum Gasteiger partial charge on any atom is 0.416 e. The van der Waals surface area contributed by atoms with Gasteiger partial charge in [0, 0.05) is 21.4 Å². The third kappa shape index (κ3) is 6.64. The number of hydrogen-bond acceptors (Lipinski definition) is 7. The summed E-state index contributed by atoms with van der Waals surface area (Å²) in [6.07, 6.45) is -0.993. The minimum Gasteiger partial charge on any atom is -0.476 e. The van der Waals surface area contributed by atoms with E-state index in [0.29, 0.717) is 41.2 Å². The lowest BCUT2D eigenvalue weighted by atomic mass is 10.0. The number of alkyl halides is 3. The molecule has 0 fully saturated rings. The molecule has 0 radical (unpaired) electrons. The summed E-state index contributed by atoms with van der Waals surface area (Å²) in [4.78, 5) is 18.2. The van der Waals surface area contributed by atoms with Gasteiger partial charge in [-0.25, -0.2) is 9.78 Å². The Hall–Kier alpha value is -3.66. The highest BCUT2D eigenvalue weighted by atomic mass is 32.1. The molecule has 0 aliphatic rings. The van der Waals surface area contributed by atoms with Crippen molar-refractivity contribution in [2.45, 2.75) is 71.6 Å². The summed E-state index contributed by atoms with van der Waals surface area (Å²) in [5.41, 5.74) is 1.74. The number of esters is 1. The van der Waals surface area contributed by atoms with Gasteiger partial charge in [-0.15, -0.1) is 17.9 Å². The second kappa shape index (κ2) is 12.1. The number of halogens is 3. The first-order valence-electron chi connectivity index (χ1n) is 13.4. The smallest absolute Gasteiger partial charge is 0.416 e. The van der Waals surface area contributed by atoms with Crippen molar-refractivity contribution in [2.24, 2.45) is 0 Å². The van der Waals surface area contributed by atoms with Crippen LogP contribution in [-0.2, 0) is 35.0 Å². The summed E-state index contributed by atoms with van der Waals surface area (Å²) < 4.78 is 56.0. The number of nitrogens with zero attached hydrogens (tertiary/aromatic N) is 2. The average Bonchev–Trinajstić information content (AvgIpc) is 3.53. The largest absolute Gasteiger partial charge is 0.476 e. The van der Waals surface area contributed by atoms with E-state index in [4.69, 9.17) is 19.0 Å². The van der Waals surface area contributed by atoms with E-state index >= 15 is 0 Å². The number of fused-ring (bicyclic) bond motifs is 1. The predicted molar refractivity (Wildman–Crippen MR) is 153 cm³/mol. The Balaban J connectivity index is 1.60. The van der Waals surface area contributed by atoms with Crippen molar-refractivity contribution >= 4 is 28.3 Å². The number of benzene rings is 2. The fraction of sp³-hybridized carbons (Fsp3) is 0.387. The van der Waals surface area contributed by atoms with Gasteiger partial charge in [0.25, 0.3) is 0 Å². The third-order valence-electron chi connectivity index (χ3n) is 6.58. The Labute approximate surface area is 241 Å². The van der Waals surface area contributed by atoms with E-state index in [0.717, 1.165) is 39.3 Å². The van der Waals surface area contributed by atoms with E-state index in [1.54, 1.807) is 32.9 Å². The van der Waals surface area contributed by atoms with Gasteiger partial charge >= 0.3 is 12.1 Å². The van der Waals surface area contributed by atoms with E-state index in [1.807, 2.05) is 19.9 Å². The van der Waals surface area contributed by atoms with Crippen LogP contribution in [0.4, 0.5) is 13.2 Å². The molecule has 0 amide bonds. The number of aryl methyl sites for hydroxylation is 2. The molecule has 4 rings (SSSR count). The Morgan fingerprint density at radius 1 is 1.12 bits per heavy atom. The molecule has 6 nitrogen and oxygen atoms in total. The van der Waals surface area contributed by atoms with Crippen molar-refractivity contribution in [2.75, 3.05) is 6.61 Å². The van der Waals surface area contributed by atoms with Crippen molar-refractivity contribution in [3.05, 3.63) is 76.4 Å². The summed E-state index contributed by atoms with van der Waals surface area (Å²) in [5, 5.41) is 5.87. The third-order valence-corrected chi connectivity index (χ3v) is 7.76. The molecule has 4 aromatic rings. The fourth-order valence-electron chi connectivity index (χ4n) is 4.48. The molecule has 10 heteroatoms. The van der Waals surface area contributed by atoms with E-state index in [-0.39, 0.29) is 12.5 Å². The van der Waals surface area contributed by atoms with Crippen molar-refractivity contribution in [1.82, 2.24) is 10.1 Å². The van der Waals surface area contributed by atoms with Gasteiger partial charge in [0.1, 0.15) is 10.8 Å². The zero-order valence-corrected chi connectivity index (χ0v) is 24.5. The van der Waals surface area contributed by atoms with E-state index in [1.165, 1.54) is 23.5 Å². The number of rotatable bonds is 11. The first-order chi connectivity index (χ1) is 19.4. The van der Waals surface area contributed by atoms with Gasteiger partial charge in [-0.2, -0.15) is 13.2 Å². The summed E-state index contributed by atoms with van der Waals surface area (Å²) in [5.74, 6) is 0.160. The molecule has 2 aromatic carbocycles. The number of hydrogen-bond donors (Lipinski definition) is 0. The zero-order valence-electron chi connectivity index (χ0n) is 23.7. The number of carbonyl (C=O) groups is 1. The molecule has 0 saturated heterocycles. The van der Waals surface area contributed by atoms with E-state index < -0.39 is 23.3 Å². The maximum absolute atomic E-state index is 13.0. The highest BCUT2D eigenvalue weighted by molar-refractivity contribution is 7.15. The van der Waals surface area contributed by atoms with Crippen LogP contribution in [0.15, 0.2) is 53.6 Å². The van der Waals surface area contributed by atoms with Crippen LogP contribution in [0.1, 0.15) is 67.9 Å². The minimum absolute atomic E-state index is 0.139. The van der Waals surface area contributed by atoms with E-state index in [2.05, 4.69) is 11.7 Å². The quantitative estimate of drug-likeness (QED) is 0.130. The van der Waals surface area contributed by atoms with Crippen LogP contribution in [0.25, 0.3) is 21.5 Å². The van der Waals surface area contributed by atoms with E-state index in [9.17, 15) is 18.0 Å². The van der Waals surface area contributed by atoms with Crippen LogP contribution in [0, 0.1) is 0 Å². The molecular weight excluding hydrogens is 553 g/mol. The molecule has 0 atom stereocenters. The van der Waals surface area contributed by atoms with Gasteiger partial charge < -0.3 is 14.0 Å². The highest BCUT2D eigenvalue weighted by Gasteiger charge is 2.33. The standard InChI is InChI=1S/C31H33F3N2O4S/c1-7-9-22-24(39-30(5,6)29(37)38-8-2)16-14-21-23(36-40-27(21)22)15-17-25-26(18(3)4)35-28(41-25)19-10-12-20(13-11-19)31(32,33)34/h7,10-14,16,18H,1,8-9,15,17H2,2-6H3. The Bertz CT molecular complexity index is 1540. The molecule has 41 heavy (non-hydrogen) atoms. The number of thiazole rings is 1. The van der Waals surface area contributed by atoms with Crippen molar-refractivity contribution < 1.29 is 32.0 Å². The molecule has 2 aromatic heterocycles. The van der Waals surface area contributed by atoms with Crippen LogP contribution in [0.3, 0.4) is 0 Å². The molecule has 0 aliphatic heterocycles. The Morgan fingerprint density at radius 3 is 2.44 bits per heavy atom. The topological polar surface area (TPSA) is 74.5 Å². The van der Waals surface area contributed by atoms with Gasteiger partial charge in [-0.1, -0.05) is 37.2 Å². The van der Waals surface area contributed by atoms with Crippen molar-refractivity contribution in [1.29, 1.82) is 0 Å². The summed E-state index contributed by atoms with van der Waals surface area (Å²) in [7, 11) is 0. The predicted octanol–water partition coefficient (Wildman–Crippen LogP) is 8.33. The normalized spacial score (nSPS) is 12.2. The molecule has 0 saturated carbocycles. The van der Waals surface area contributed by atoms with Crippen LogP contribution in [-0.4, -0.2) is 28.3 Å². The lowest BCUT2D eigenvalue weighted by molar-refractivity contribution is -0.158. The SMILES string of the molecule is C=CCc1c(OC(C)(C)C(=O)OCC)ccc2c(CCc3sc(-c4ccc(C(F)(F)F)cc4)nc3C(C)C)noc12. The summed E-state index contributed by atoms with van der Waals surface area (Å²) >= 11 is 1.48. The monoisotopic (exact) mass is 586 g/mol. The van der Waals surface area contributed by atoms with Crippen LogP contribution >= 0.6 is 11.3 Å². The van der Waals surface area contributed by atoms with Crippen molar-refractivity contribution in [3.63, 3.8) is 0 Å². The number of carbonyl (C=O) groups excluding carboxylic acids is 1. The molecule has 2 heterocycles. The maximum atomic E-state index is 13.0. The van der Waals surface area contributed by atoms with Gasteiger partial charge in [0.15, 0.2) is 11.2 Å². The fourth-order valence-corrected chi connectivity index (χ4v) is 5.70. The molecule has 0 N–H and O–H groups in total. The van der Waals surface area contributed by atoms with Crippen LogP contribution in [0.2, 0.25) is 0 Å². The molecule has 0 unspecified atom stereocenters. The summed E-state index contributed by atoms with van der Waals surface area (Å²) in [6.45, 7) is 13.2. The molecule has 0 aliphatic carbocycles. The molecular formula is C31H33F3N2O4S. The van der Waals surface area contributed by atoms with Gasteiger partial charge in [-0.3, -0.25) is 0 Å². The first-order valence-corrected chi connectivity index (χ1v) is 14.2. The second-order valence-electron chi connectivity index (χ2n) is 10.4. The van der Waals surface area contributed by atoms with Crippen LogP contribution in [0.5, 0.6) is 5.75 Å². The number of allylic oxidation sites excluding steroid dienone is 1. The average molecular weight is 587 g/mol. The highest BCUT2D eigenvalue weighted by Crippen LogP contribution is 2.37. The second-order valence-corrected chi connectivity index (χ2v) is 11.5. The summed E-state index contributed by atoms with van der Waals surface area (Å²) in [6, 6.07) is 8.76. The van der Waals surface area contributed by atoms with Gasteiger partial charge in [0.05, 0.1) is 23.6 Å².